The van der Waals surface area contributed by atoms with Gasteiger partial charge in [-0.25, -0.2) is 0 Å². The summed E-state index contributed by atoms with van der Waals surface area (Å²) in [6.45, 7) is 9.39. The maximum absolute atomic E-state index is 6.30. The number of aromatic nitrogens is 1. The smallest absolute Gasteiger partial charge is 0.0752 e. The zero-order chi connectivity index (χ0) is 15.1. The maximum Gasteiger partial charge on any atom is 0.0752 e. The third kappa shape index (κ3) is 2.44. The maximum atomic E-state index is 6.30. The lowest BCUT2D eigenvalue weighted by molar-refractivity contribution is 0.264. The molecular weight excluding hydrogens is 282 g/mol. The van der Waals surface area contributed by atoms with Crippen LogP contribution in [0.25, 0.3) is 10.9 Å². The average Bonchev–Trinajstić information content (AvgIpc) is 2.48. The summed E-state index contributed by atoms with van der Waals surface area (Å²) in [5.41, 5.74) is 12.1. The highest BCUT2D eigenvalue weighted by Gasteiger charge is 2.24. The molecule has 1 aliphatic rings. The van der Waals surface area contributed by atoms with E-state index in [1.54, 1.807) is 0 Å². The second-order valence-corrected chi connectivity index (χ2v) is 6.33. The minimum atomic E-state index is 0.00151. The Balaban J connectivity index is 2.32. The van der Waals surface area contributed by atoms with Crippen molar-refractivity contribution in [3.63, 3.8) is 0 Å². The van der Waals surface area contributed by atoms with Gasteiger partial charge in [-0.15, -0.1) is 0 Å². The van der Waals surface area contributed by atoms with Gasteiger partial charge in [0.15, 0.2) is 0 Å². The summed E-state index contributed by atoms with van der Waals surface area (Å²) >= 11 is 6.27. The van der Waals surface area contributed by atoms with Crippen LogP contribution in [0.5, 0.6) is 0 Å². The Labute approximate surface area is 131 Å². The summed E-state index contributed by atoms with van der Waals surface area (Å²) in [4.78, 5) is 7.37. The number of pyridine rings is 1. The van der Waals surface area contributed by atoms with Gasteiger partial charge in [-0.3, -0.25) is 9.88 Å². The Bertz CT molecular complexity index is 694. The highest BCUT2D eigenvalue weighted by molar-refractivity contribution is 6.32. The van der Waals surface area contributed by atoms with Gasteiger partial charge >= 0.3 is 0 Å². The molecule has 0 fully saturated rings. The lowest BCUT2D eigenvalue weighted by Crippen LogP contribution is -2.32. The van der Waals surface area contributed by atoms with Gasteiger partial charge in [0.2, 0.25) is 0 Å². The number of hydrogen-bond donors (Lipinski definition) is 1. The molecule has 0 saturated heterocycles. The highest BCUT2D eigenvalue weighted by Crippen LogP contribution is 2.34. The normalized spacial score (nSPS) is 17.0. The number of likely N-dealkylation sites (N-methyl/N-ethyl adjacent to an activating group) is 1. The van der Waals surface area contributed by atoms with Crippen molar-refractivity contribution in [2.45, 2.75) is 39.8 Å². The van der Waals surface area contributed by atoms with Crippen LogP contribution in [0.2, 0.25) is 5.02 Å². The monoisotopic (exact) mass is 303 g/mol. The van der Waals surface area contributed by atoms with Crippen molar-refractivity contribution in [2.75, 3.05) is 13.1 Å². The summed E-state index contributed by atoms with van der Waals surface area (Å²) in [5, 5.41) is 1.93. The highest BCUT2D eigenvalue weighted by atomic mass is 35.5. The van der Waals surface area contributed by atoms with Crippen molar-refractivity contribution in [3.8, 4) is 0 Å². The third-order valence-electron chi connectivity index (χ3n) is 4.52. The predicted octanol–water partition coefficient (Wildman–Crippen LogP) is 3.59. The lowest BCUT2D eigenvalue weighted by atomic mass is 9.91. The Morgan fingerprint density at radius 2 is 2.19 bits per heavy atom. The molecule has 0 bridgehead atoms. The van der Waals surface area contributed by atoms with E-state index < -0.39 is 0 Å². The molecule has 1 atom stereocenters. The molecule has 4 heteroatoms. The number of aryl methyl sites for hydroxylation is 1. The molecule has 0 amide bonds. The molecule has 0 spiro atoms. The molecule has 21 heavy (non-hydrogen) atoms. The fraction of sp³-hybridized carbons (Fsp3) is 0.471. The summed E-state index contributed by atoms with van der Waals surface area (Å²) in [6.07, 6.45) is 0.991. The molecule has 2 N–H and O–H groups in total. The summed E-state index contributed by atoms with van der Waals surface area (Å²) < 4.78 is 0. The first-order valence-corrected chi connectivity index (χ1v) is 7.99. The van der Waals surface area contributed by atoms with Crippen LogP contribution >= 0.6 is 11.6 Å². The van der Waals surface area contributed by atoms with Crippen molar-refractivity contribution in [1.82, 2.24) is 9.88 Å². The summed E-state index contributed by atoms with van der Waals surface area (Å²) in [6, 6.07) is 4.03. The minimum Gasteiger partial charge on any atom is -0.324 e. The molecule has 2 heterocycles. The molecule has 1 aromatic carbocycles. The van der Waals surface area contributed by atoms with Crippen LogP contribution in [-0.2, 0) is 13.0 Å². The number of nitrogens with two attached hydrogens (primary N) is 1. The van der Waals surface area contributed by atoms with Gasteiger partial charge in [-0.2, -0.15) is 0 Å². The van der Waals surface area contributed by atoms with E-state index in [1.165, 1.54) is 16.8 Å². The van der Waals surface area contributed by atoms with Gasteiger partial charge in [-0.1, -0.05) is 24.6 Å². The van der Waals surface area contributed by atoms with Crippen LogP contribution in [0.15, 0.2) is 12.1 Å². The van der Waals surface area contributed by atoms with E-state index in [2.05, 4.69) is 24.8 Å². The van der Waals surface area contributed by atoms with Crippen LogP contribution < -0.4 is 5.73 Å². The van der Waals surface area contributed by atoms with Crippen molar-refractivity contribution in [2.24, 2.45) is 5.73 Å². The topological polar surface area (TPSA) is 42.2 Å². The summed E-state index contributed by atoms with van der Waals surface area (Å²) in [5.74, 6) is 0. The number of benzene rings is 1. The standard InChI is InChI=1S/C17H22ClN3/c1-4-21-8-7-15-13(9-21)16(11(3)19)12-5-6-14(18)10(2)17(12)20-15/h5-6,11H,4,7-9,19H2,1-3H3. The molecular formula is C17H22ClN3. The van der Waals surface area contributed by atoms with Gasteiger partial charge in [-0.05, 0) is 43.1 Å². The van der Waals surface area contributed by atoms with Crippen LogP contribution in [0.3, 0.4) is 0 Å². The molecule has 112 valence electrons. The van der Waals surface area contributed by atoms with E-state index >= 15 is 0 Å². The van der Waals surface area contributed by atoms with Gasteiger partial charge in [0.05, 0.1) is 5.52 Å². The van der Waals surface area contributed by atoms with Crippen molar-refractivity contribution in [1.29, 1.82) is 0 Å². The van der Waals surface area contributed by atoms with Crippen molar-refractivity contribution < 1.29 is 0 Å². The zero-order valence-corrected chi connectivity index (χ0v) is 13.7. The number of nitrogens with zero attached hydrogens (tertiary/aromatic N) is 2. The van der Waals surface area contributed by atoms with Crippen molar-refractivity contribution in [3.05, 3.63) is 39.5 Å². The first kappa shape index (κ1) is 14.8. The third-order valence-corrected chi connectivity index (χ3v) is 4.93. The van der Waals surface area contributed by atoms with Gasteiger partial charge in [0.1, 0.15) is 0 Å². The van der Waals surface area contributed by atoms with E-state index in [0.717, 1.165) is 47.5 Å². The molecule has 2 aromatic rings. The van der Waals surface area contributed by atoms with Gasteiger partial charge in [0, 0.05) is 41.7 Å². The Morgan fingerprint density at radius 1 is 1.43 bits per heavy atom. The van der Waals surface area contributed by atoms with E-state index in [-0.39, 0.29) is 6.04 Å². The molecule has 1 aromatic heterocycles. The van der Waals surface area contributed by atoms with E-state index in [0.29, 0.717) is 0 Å². The fourth-order valence-corrected chi connectivity index (χ4v) is 3.45. The Morgan fingerprint density at radius 3 is 2.86 bits per heavy atom. The number of hydrogen-bond acceptors (Lipinski definition) is 3. The fourth-order valence-electron chi connectivity index (χ4n) is 3.30. The van der Waals surface area contributed by atoms with E-state index in [4.69, 9.17) is 22.3 Å². The van der Waals surface area contributed by atoms with Crippen molar-refractivity contribution >= 4 is 22.5 Å². The van der Waals surface area contributed by atoms with Gasteiger partial charge < -0.3 is 5.73 Å². The molecule has 1 aliphatic heterocycles. The predicted molar refractivity (Wildman–Crippen MR) is 88.7 cm³/mol. The van der Waals surface area contributed by atoms with E-state index in [1.807, 2.05) is 13.0 Å². The first-order chi connectivity index (χ1) is 10.0. The molecule has 3 rings (SSSR count). The molecule has 1 unspecified atom stereocenters. The molecule has 0 radical (unpaired) electrons. The second-order valence-electron chi connectivity index (χ2n) is 5.93. The summed E-state index contributed by atoms with van der Waals surface area (Å²) in [7, 11) is 0. The average molecular weight is 304 g/mol. The quantitative estimate of drug-likeness (QED) is 0.922. The largest absolute Gasteiger partial charge is 0.324 e. The molecule has 0 aliphatic carbocycles. The second kappa shape index (κ2) is 5.56. The Hall–Kier alpha value is -1.16. The van der Waals surface area contributed by atoms with Crippen LogP contribution in [0, 0.1) is 6.92 Å². The lowest BCUT2D eigenvalue weighted by Gasteiger charge is -2.30. The van der Waals surface area contributed by atoms with Gasteiger partial charge in [0.25, 0.3) is 0 Å². The SMILES string of the molecule is CCN1CCc2nc3c(C)c(Cl)ccc3c(C(C)N)c2C1. The van der Waals surface area contributed by atoms with Crippen LogP contribution in [-0.4, -0.2) is 23.0 Å². The Kier molecular flexibility index (Phi) is 3.91. The number of rotatable bonds is 2. The minimum absolute atomic E-state index is 0.00151. The van der Waals surface area contributed by atoms with E-state index in [9.17, 15) is 0 Å². The van der Waals surface area contributed by atoms with Crippen LogP contribution in [0.4, 0.5) is 0 Å². The molecule has 0 saturated carbocycles. The number of halogens is 1. The molecule has 3 nitrogen and oxygen atoms in total. The zero-order valence-electron chi connectivity index (χ0n) is 12.9. The first-order valence-electron chi connectivity index (χ1n) is 7.61. The van der Waals surface area contributed by atoms with Crippen LogP contribution in [0.1, 0.15) is 42.3 Å². The number of fused-ring (bicyclic) bond motifs is 2.